The lowest BCUT2D eigenvalue weighted by Gasteiger charge is -2.33. The third-order valence-corrected chi connectivity index (χ3v) is 7.57. The van der Waals surface area contributed by atoms with E-state index >= 15 is 0 Å². The molecule has 10 heteroatoms. The summed E-state index contributed by atoms with van der Waals surface area (Å²) >= 11 is 5.99. The maximum Gasteiger partial charge on any atom is 0.244 e. The van der Waals surface area contributed by atoms with E-state index in [2.05, 4.69) is 5.32 Å². The number of nitrogens with one attached hydrogen (secondary N) is 1. The van der Waals surface area contributed by atoms with Crippen LogP contribution in [0.15, 0.2) is 48.5 Å². The second-order valence-corrected chi connectivity index (χ2v) is 11.3. The fraction of sp³-hybridized carbons (Fsp3) is 0.440. The molecule has 1 atom stereocenters. The first-order valence-electron chi connectivity index (χ1n) is 11.6. The van der Waals surface area contributed by atoms with Crippen molar-refractivity contribution in [1.29, 1.82) is 0 Å². The highest BCUT2D eigenvalue weighted by Gasteiger charge is 2.31. The van der Waals surface area contributed by atoms with Gasteiger partial charge in [-0.1, -0.05) is 43.0 Å². The number of amides is 2. The molecule has 2 aromatic rings. The number of carbonyl (C=O) groups excluding carboxylic acids is 2. The smallest absolute Gasteiger partial charge is 0.244 e. The van der Waals surface area contributed by atoms with Crippen molar-refractivity contribution in [1.82, 2.24) is 10.2 Å². The standard InChI is InChI=1S/C25H31ClFN3O4S/c1-18(25(32)28-22-6-4-3-5-7-22)29(16-19-8-10-20(26)11-9-19)24(31)17-30(35(2,33)34)23-14-12-21(27)13-15-23/h8-15,18,22H,3-7,16-17H2,1-2H3,(H,28,32)/t18-/m0/s1. The molecule has 1 saturated carbocycles. The number of halogens is 2. The van der Waals surface area contributed by atoms with Crippen LogP contribution in [0.4, 0.5) is 10.1 Å². The molecule has 0 bridgehead atoms. The van der Waals surface area contributed by atoms with Gasteiger partial charge in [-0.2, -0.15) is 0 Å². The number of hydrogen-bond donors (Lipinski definition) is 1. The van der Waals surface area contributed by atoms with E-state index in [1.54, 1.807) is 31.2 Å². The second kappa shape index (κ2) is 11.9. The summed E-state index contributed by atoms with van der Waals surface area (Å²) < 4.78 is 39.3. The highest BCUT2D eigenvalue weighted by Crippen LogP contribution is 2.21. The van der Waals surface area contributed by atoms with Crippen molar-refractivity contribution in [2.24, 2.45) is 0 Å². The highest BCUT2D eigenvalue weighted by molar-refractivity contribution is 7.92. The molecule has 3 rings (SSSR count). The molecule has 1 aliphatic rings. The minimum absolute atomic E-state index is 0.0675. The molecular formula is C25H31ClFN3O4S. The SMILES string of the molecule is C[C@@H](C(=O)NC1CCCCC1)N(Cc1ccc(Cl)cc1)C(=O)CN(c1ccc(F)cc1)S(C)(=O)=O. The third kappa shape index (κ3) is 7.67. The van der Waals surface area contributed by atoms with Gasteiger partial charge in [0.15, 0.2) is 0 Å². The van der Waals surface area contributed by atoms with Gasteiger partial charge in [-0.05, 0) is 61.7 Å². The zero-order chi connectivity index (χ0) is 25.6. The van der Waals surface area contributed by atoms with Gasteiger partial charge in [0.1, 0.15) is 18.4 Å². The van der Waals surface area contributed by atoms with Crippen LogP contribution >= 0.6 is 11.6 Å². The van der Waals surface area contributed by atoms with Crippen LogP contribution in [0.2, 0.25) is 5.02 Å². The molecule has 0 spiro atoms. The average molecular weight is 524 g/mol. The summed E-state index contributed by atoms with van der Waals surface area (Å²) in [5, 5.41) is 3.58. The van der Waals surface area contributed by atoms with Crippen LogP contribution in [0, 0.1) is 5.82 Å². The normalized spacial score (nSPS) is 15.3. The molecular weight excluding hydrogens is 493 g/mol. The van der Waals surface area contributed by atoms with Gasteiger partial charge in [0.25, 0.3) is 0 Å². The summed E-state index contributed by atoms with van der Waals surface area (Å²) in [4.78, 5) is 27.9. The Morgan fingerprint density at radius 1 is 1.06 bits per heavy atom. The molecule has 0 unspecified atom stereocenters. The maximum absolute atomic E-state index is 13.5. The predicted molar refractivity (Wildman–Crippen MR) is 135 cm³/mol. The molecule has 2 aromatic carbocycles. The van der Waals surface area contributed by atoms with Crippen LogP contribution in [-0.4, -0.2) is 50.0 Å². The van der Waals surface area contributed by atoms with E-state index < -0.39 is 34.3 Å². The van der Waals surface area contributed by atoms with E-state index in [4.69, 9.17) is 11.6 Å². The summed E-state index contributed by atoms with van der Waals surface area (Å²) in [6.07, 6.45) is 6.02. The van der Waals surface area contributed by atoms with E-state index in [-0.39, 0.29) is 24.2 Å². The lowest BCUT2D eigenvalue weighted by molar-refractivity contribution is -0.139. The molecule has 0 heterocycles. The Balaban J connectivity index is 1.85. The van der Waals surface area contributed by atoms with Gasteiger partial charge >= 0.3 is 0 Å². The molecule has 1 fully saturated rings. The van der Waals surface area contributed by atoms with Gasteiger partial charge in [-0.15, -0.1) is 0 Å². The largest absolute Gasteiger partial charge is 0.352 e. The molecule has 0 saturated heterocycles. The summed E-state index contributed by atoms with van der Waals surface area (Å²) in [6.45, 7) is 1.20. The van der Waals surface area contributed by atoms with Crippen molar-refractivity contribution >= 4 is 39.1 Å². The summed E-state index contributed by atoms with van der Waals surface area (Å²) in [5.41, 5.74) is 0.903. The number of anilines is 1. The Hall–Kier alpha value is -2.65. The molecule has 7 nitrogen and oxygen atoms in total. The molecule has 2 amide bonds. The Morgan fingerprint density at radius 2 is 1.66 bits per heavy atom. The Morgan fingerprint density at radius 3 is 2.23 bits per heavy atom. The number of nitrogens with zero attached hydrogens (tertiary/aromatic N) is 2. The second-order valence-electron chi connectivity index (χ2n) is 8.91. The number of hydrogen-bond acceptors (Lipinski definition) is 4. The Bertz CT molecular complexity index is 1120. The van der Waals surface area contributed by atoms with Crippen LogP contribution in [0.1, 0.15) is 44.6 Å². The van der Waals surface area contributed by atoms with Crippen molar-refractivity contribution in [2.75, 3.05) is 17.1 Å². The minimum Gasteiger partial charge on any atom is -0.352 e. The third-order valence-electron chi connectivity index (χ3n) is 6.18. The zero-order valence-corrected chi connectivity index (χ0v) is 21.5. The van der Waals surface area contributed by atoms with E-state index in [1.165, 1.54) is 17.0 Å². The van der Waals surface area contributed by atoms with E-state index in [1.807, 2.05) is 0 Å². The topological polar surface area (TPSA) is 86.8 Å². The quantitative estimate of drug-likeness (QED) is 0.536. The van der Waals surface area contributed by atoms with E-state index in [0.29, 0.717) is 5.02 Å². The Kier molecular flexibility index (Phi) is 9.13. The number of benzene rings is 2. The highest BCUT2D eigenvalue weighted by atomic mass is 35.5. The van der Waals surface area contributed by atoms with Gasteiger partial charge in [-0.25, -0.2) is 12.8 Å². The van der Waals surface area contributed by atoms with Gasteiger partial charge in [0.05, 0.1) is 11.9 Å². The van der Waals surface area contributed by atoms with Gasteiger partial charge in [-0.3, -0.25) is 13.9 Å². The first-order valence-corrected chi connectivity index (χ1v) is 13.8. The van der Waals surface area contributed by atoms with Crippen molar-refractivity contribution in [3.05, 3.63) is 64.9 Å². The molecule has 0 aliphatic heterocycles. The van der Waals surface area contributed by atoms with Crippen LogP contribution in [0.25, 0.3) is 0 Å². The van der Waals surface area contributed by atoms with Crippen LogP contribution < -0.4 is 9.62 Å². The van der Waals surface area contributed by atoms with Crippen molar-refractivity contribution in [2.45, 2.75) is 57.7 Å². The van der Waals surface area contributed by atoms with Gasteiger partial charge < -0.3 is 10.2 Å². The summed E-state index contributed by atoms with van der Waals surface area (Å²) in [6, 6.07) is 11.0. The number of carbonyl (C=O) groups is 2. The van der Waals surface area contributed by atoms with Crippen molar-refractivity contribution in [3.63, 3.8) is 0 Å². The van der Waals surface area contributed by atoms with E-state index in [0.717, 1.165) is 60.4 Å². The van der Waals surface area contributed by atoms with Crippen molar-refractivity contribution < 1.29 is 22.4 Å². The molecule has 1 aliphatic carbocycles. The number of rotatable bonds is 9. The Labute approximate surface area is 211 Å². The van der Waals surface area contributed by atoms with Crippen LogP contribution in [-0.2, 0) is 26.2 Å². The molecule has 190 valence electrons. The average Bonchev–Trinajstić information content (AvgIpc) is 2.82. The molecule has 0 aromatic heterocycles. The maximum atomic E-state index is 13.5. The van der Waals surface area contributed by atoms with Gasteiger partial charge in [0.2, 0.25) is 21.8 Å². The number of sulfonamides is 1. The first-order chi connectivity index (χ1) is 16.5. The fourth-order valence-electron chi connectivity index (χ4n) is 4.16. The summed E-state index contributed by atoms with van der Waals surface area (Å²) in [5.74, 6) is -1.36. The molecule has 35 heavy (non-hydrogen) atoms. The summed E-state index contributed by atoms with van der Waals surface area (Å²) in [7, 11) is -3.86. The van der Waals surface area contributed by atoms with Crippen LogP contribution in [0.3, 0.4) is 0 Å². The lowest BCUT2D eigenvalue weighted by Crippen LogP contribution is -2.52. The molecule has 0 radical (unpaired) electrons. The van der Waals surface area contributed by atoms with Gasteiger partial charge in [0, 0.05) is 17.6 Å². The monoisotopic (exact) mass is 523 g/mol. The molecule has 1 N–H and O–H groups in total. The predicted octanol–water partition coefficient (Wildman–Crippen LogP) is 4.11. The lowest BCUT2D eigenvalue weighted by atomic mass is 9.95. The fourth-order valence-corrected chi connectivity index (χ4v) is 5.13. The first kappa shape index (κ1) is 26.9. The van der Waals surface area contributed by atoms with Crippen LogP contribution in [0.5, 0.6) is 0 Å². The van der Waals surface area contributed by atoms with Crippen molar-refractivity contribution in [3.8, 4) is 0 Å². The minimum atomic E-state index is -3.86. The zero-order valence-electron chi connectivity index (χ0n) is 19.9. The van der Waals surface area contributed by atoms with E-state index in [9.17, 15) is 22.4 Å².